The molecule has 0 amide bonds. The van der Waals surface area contributed by atoms with Crippen LogP contribution in [0.5, 0.6) is 0 Å². The van der Waals surface area contributed by atoms with E-state index in [1.807, 2.05) is 0 Å². The maximum Gasteiger partial charge on any atom is 0.103 e. The zero-order chi connectivity index (χ0) is 11.4. The quantitative estimate of drug-likeness (QED) is 0.557. The van der Waals surface area contributed by atoms with Gasteiger partial charge in [0.1, 0.15) is 7.85 Å². The Balaban J connectivity index is 2.49. The van der Waals surface area contributed by atoms with E-state index in [1.54, 1.807) is 0 Å². The normalized spacial score (nSPS) is 11.3. The lowest BCUT2D eigenvalue weighted by Gasteiger charge is -2.29. The van der Waals surface area contributed by atoms with Crippen molar-refractivity contribution in [2.24, 2.45) is 0 Å². The summed E-state index contributed by atoms with van der Waals surface area (Å²) in [4.78, 5) is 0. The Morgan fingerprint density at radius 1 is 0.812 bits per heavy atom. The fraction of sp³-hybridized carbons (Fsp3) is 0.143. The van der Waals surface area contributed by atoms with E-state index in [1.165, 1.54) is 11.1 Å². The summed E-state index contributed by atoms with van der Waals surface area (Å²) in [7, 11) is 5.25. The molecule has 0 saturated carbocycles. The van der Waals surface area contributed by atoms with Crippen molar-refractivity contribution in [1.82, 2.24) is 0 Å². The van der Waals surface area contributed by atoms with Crippen LogP contribution in [0.15, 0.2) is 60.7 Å². The van der Waals surface area contributed by atoms with Gasteiger partial charge in [-0.15, -0.1) is 9.24 Å². The summed E-state index contributed by atoms with van der Waals surface area (Å²) in [6.07, 6.45) is 1.08. The molecule has 0 radical (unpaired) electrons. The van der Waals surface area contributed by atoms with Gasteiger partial charge in [-0.2, -0.15) is 0 Å². The fourth-order valence-corrected chi connectivity index (χ4v) is 2.43. The third-order valence-electron chi connectivity index (χ3n) is 3.14. The summed E-state index contributed by atoms with van der Waals surface area (Å²) in [6, 6.07) is 21.3. The lowest BCUT2D eigenvalue weighted by atomic mass is 9.80. The molecular formula is C14H16BP. The highest BCUT2D eigenvalue weighted by Gasteiger charge is 2.26. The highest BCUT2D eigenvalue weighted by Crippen LogP contribution is 2.41. The maximum absolute atomic E-state index is 3.02. The van der Waals surface area contributed by atoms with Crippen LogP contribution in [0.2, 0.25) is 6.32 Å². The average Bonchev–Trinajstić information content (AvgIpc) is 2.40. The van der Waals surface area contributed by atoms with Gasteiger partial charge >= 0.3 is 0 Å². The topological polar surface area (TPSA) is 0 Å². The van der Waals surface area contributed by atoms with Gasteiger partial charge in [0.2, 0.25) is 0 Å². The Morgan fingerprint density at radius 3 is 1.50 bits per heavy atom. The Kier molecular flexibility index (Phi) is 3.46. The zero-order valence-corrected chi connectivity index (χ0v) is 10.7. The summed E-state index contributed by atoms with van der Waals surface area (Å²) in [5, 5.41) is 0.0442. The molecular weight excluding hydrogens is 210 g/mol. The highest BCUT2D eigenvalue weighted by molar-refractivity contribution is 7.19. The van der Waals surface area contributed by atoms with Gasteiger partial charge in [0.05, 0.1) is 0 Å². The number of rotatable bonds is 3. The molecule has 16 heavy (non-hydrogen) atoms. The second kappa shape index (κ2) is 4.85. The largest absolute Gasteiger partial charge is 0.122 e. The fourth-order valence-electron chi connectivity index (χ4n) is 2.05. The Labute approximate surface area is 101 Å². The minimum atomic E-state index is 0.0442. The third-order valence-corrected chi connectivity index (χ3v) is 4.21. The van der Waals surface area contributed by atoms with Gasteiger partial charge in [0.25, 0.3) is 0 Å². The van der Waals surface area contributed by atoms with Gasteiger partial charge in [-0.1, -0.05) is 67.0 Å². The molecule has 2 heteroatoms. The monoisotopic (exact) mass is 226 g/mol. The molecule has 0 bridgehead atoms. The molecule has 0 aliphatic rings. The molecule has 2 aromatic rings. The van der Waals surface area contributed by atoms with Crippen LogP contribution >= 0.6 is 9.24 Å². The first-order valence-electron chi connectivity index (χ1n) is 5.67. The van der Waals surface area contributed by atoms with Crippen LogP contribution in [0.25, 0.3) is 0 Å². The van der Waals surface area contributed by atoms with Crippen molar-refractivity contribution in [1.29, 1.82) is 0 Å². The molecule has 1 unspecified atom stereocenters. The minimum absolute atomic E-state index is 0.0442. The van der Waals surface area contributed by atoms with Crippen molar-refractivity contribution in [2.75, 3.05) is 0 Å². The standard InChI is InChI=1S/C14H16BP/c15-11-14(16,12-7-3-1-4-8-12)13-9-5-2-6-10-13/h1-10H,11,15-16H2. The van der Waals surface area contributed by atoms with Crippen molar-refractivity contribution >= 4 is 17.1 Å². The summed E-state index contributed by atoms with van der Waals surface area (Å²) in [5.41, 5.74) is 2.71. The van der Waals surface area contributed by atoms with Crippen LogP contribution in [-0.4, -0.2) is 7.85 Å². The minimum Gasteiger partial charge on any atom is -0.122 e. The van der Waals surface area contributed by atoms with E-state index in [9.17, 15) is 0 Å². The SMILES string of the molecule is BCC(P)(c1ccccc1)c1ccccc1. The summed E-state index contributed by atoms with van der Waals surface area (Å²) in [5.74, 6) is 0. The van der Waals surface area contributed by atoms with Crippen molar-refractivity contribution in [3.8, 4) is 0 Å². The molecule has 0 aromatic heterocycles. The van der Waals surface area contributed by atoms with E-state index >= 15 is 0 Å². The molecule has 2 rings (SSSR count). The van der Waals surface area contributed by atoms with E-state index < -0.39 is 0 Å². The zero-order valence-electron chi connectivity index (χ0n) is 9.56. The van der Waals surface area contributed by atoms with E-state index in [0.29, 0.717) is 0 Å². The van der Waals surface area contributed by atoms with Crippen LogP contribution in [-0.2, 0) is 5.16 Å². The lowest BCUT2D eigenvalue weighted by molar-refractivity contribution is 0.837. The second-order valence-electron chi connectivity index (χ2n) is 4.06. The van der Waals surface area contributed by atoms with Crippen LogP contribution in [0.4, 0.5) is 0 Å². The average molecular weight is 226 g/mol. The molecule has 80 valence electrons. The molecule has 0 saturated heterocycles. The first-order chi connectivity index (χ1) is 7.77. The third kappa shape index (κ3) is 2.06. The number of hydrogen-bond donors (Lipinski definition) is 0. The summed E-state index contributed by atoms with van der Waals surface area (Å²) < 4.78 is 0. The molecule has 0 N–H and O–H groups in total. The smallest absolute Gasteiger partial charge is 0.103 e. The molecule has 0 aliphatic carbocycles. The van der Waals surface area contributed by atoms with E-state index in [2.05, 4.69) is 77.7 Å². The summed E-state index contributed by atoms with van der Waals surface area (Å²) >= 11 is 0. The van der Waals surface area contributed by atoms with Gasteiger partial charge < -0.3 is 0 Å². The Morgan fingerprint density at radius 2 is 1.19 bits per heavy atom. The predicted molar refractivity (Wildman–Crippen MR) is 76.7 cm³/mol. The van der Waals surface area contributed by atoms with E-state index in [0.717, 1.165) is 6.32 Å². The first-order valence-corrected chi connectivity index (χ1v) is 6.25. The molecule has 0 nitrogen and oxygen atoms in total. The summed E-state index contributed by atoms with van der Waals surface area (Å²) in [6.45, 7) is 0. The van der Waals surface area contributed by atoms with Crippen LogP contribution < -0.4 is 0 Å². The highest BCUT2D eigenvalue weighted by atomic mass is 31.0. The van der Waals surface area contributed by atoms with Crippen molar-refractivity contribution in [3.63, 3.8) is 0 Å². The van der Waals surface area contributed by atoms with Gasteiger partial charge in [0, 0.05) is 5.16 Å². The molecule has 0 fully saturated rings. The van der Waals surface area contributed by atoms with Gasteiger partial charge in [0.15, 0.2) is 0 Å². The van der Waals surface area contributed by atoms with Crippen molar-refractivity contribution in [3.05, 3.63) is 71.8 Å². The van der Waals surface area contributed by atoms with Gasteiger partial charge in [-0.3, -0.25) is 0 Å². The molecule has 0 aliphatic heterocycles. The predicted octanol–water partition coefficient (Wildman–Crippen LogP) is 2.86. The molecule has 1 atom stereocenters. The molecule has 2 aromatic carbocycles. The van der Waals surface area contributed by atoms with Gasteiger partial charge in [-0.05, 0) is 11.1 Å². The van der Waals surface area contributed by atoms with E-state index in [4.69, 9.17) is 0 Å². The van der Waals surface area contributed by atoms with Crippen LogP contribution in [0, 0.1) is 0 Å². The Bertz CT molecular complexity index is 399. The molecule has 0 heterocycles. The second-order valence-corrected chi connectivity index (χ2v) is 5.04. The number of benzene rings is 2. The van der Waals surface area contributed by atoms with Gasteiger partial charge in [-0.25, -0.2) is 0 Å². The van der Waals surface area contributed by atoms with E-state index in [-0.39, 0.29) is 5.16 Å². The first kappa shape index (κ1) is 11.4. The lowest BCUT2D eigenvalue weighted by Crippen LogP contribution is -2.18. The van der Waals surface area contributed by atoms with Crippen molar-refractivity contribution < 1.29 is 0 Å². The van der Waals surface area contributed by atoms with Crippen LogP contribution in [0.1, 0.15) is 11.1 Å². The van der Waals surface area contributed by atoms with Crippen LogP contribution in [0.3, 0.4) is 0 Å². The maximum atomic E-state index is 3.02. The molecule has 0 spiro atoms. The Hall–Kier alpha value is -1.07. The van der Waals surface area contributed by atoms with Crippen molar-refractivity contribution in [2.45, 2.75) is 11.5 Å². The number of hydrogen-bond acceptors (Lipinski definition) is 0.